The SMILES string of the molecule is COc1cc(C)c(C(=O)c2coc3ccccc23)cc1C. The number of fused-ring (bicyclic) bond motifs is 1. The maximum atomic E-state index is 12.8. The Morgan fingerprint density at radius 2 is 1.81 bits per heavy atom. The second kappa shape index (κ2) is 5.09. The molecule has 0 aliphatic carbocycles. The number of ketones is 1. The number of hydrogen-bond donors (Lipinski definition) is 0. The van der Waals surface area contributed by atoms with Gasteiger partial charge in [0.2, 0.25) is 0 Å². The summed E-state index contributed by atoms with van der Waals surface area (Å²) >= 11 is 0. The van der Waals surface area contributed by atoms with E-state index in [-0.39, 0.29) is 5.78 Å². The van der Waals surface area contributed by atoms with Gasteiger partial charge >= 0.3 is 0 Å². The lowest BCUT2D eigenvalue weighted by Gasteiger charge is -2.10. The van der Waals surface area contributed by atoms with Gasteiger partial charge in [0, 0.05) is 10.9 Å². The number of furan rings is 1. The lowest BCUT2D eigenvalue weighted by Crippen LogP contribution is -2.04. The molecule has 0 saturated carbocycles. The van der Waals surface area contributed by atoms with Gasteiger partial charge in [-0.3, -0.25) is 4.79 Å². The Hall–Kier alpha value is -2.55. The van der Waals surface area contributed by atoms with Crippen LogP contribution in [0.15, 0.2) is 47.1 Å². The molecule has 106 valence electrons. The molecule has 3 nitrogen and oxygen atoms in total. The van der Waals surface area contributed by atoms with E-state index in [1.807, 2.05) is 50.2 Å². The summed E-state index contributed by atoms with van der Waals surface area (Å²) in [6, 6.07) is 11.3. The first-order valence-electron chi connectivity index (χ1n) is 6.78. The third-order valence-corrected chi connectivity index (χ3v) is 3.71. The van der Waals surface area contributed by atoms with Crippen LogP contribution in [-0.2, 0) is 0 Å². The zero-order chi connectivity index (χ0) is 15.0. The summed E-state index contributed by atoms with van der Waals surface area (Å²) < 4.78 is 10.8. The van der Waals surface area contributed by atoms with Crippen molar-refractivity contribution >= 4 is 16.8 Å². The minimum absolute atomic E-state index is 0.0248. The van der Waals surface area contributed by atoms with Crippen molar-refractivity contribution in [3.8, 4) is 5.75 Å². The van der Waals surface area contributed by atoms with E-state index in [9.17, 15) is 4.79 Å². The molecule has 3 rings (SSSR count). The maximum Gasteiger partial charge on any atom is 0.197 e. The molecule has 0 radical (unpaired) electrons. The van der Waals surface area contributed by atoms with Crippen molar-refractivity contribution in [3.05, 3.63) is 64.9 Å². The molecule has 3 aromatic rings. The Labute approximate surface area is 123 Å². The lowest BCUT2D eigenvalue weighted by molar-refractivity contribution is 0.103. The van der Waals surface area contributed by atoms with Crippen molar-refractivity contribution in [2.24, 2.45) is 0 Å². The van der Waals surface area contributed by atoms with Crippen molar-refractivity contribution in [3.63, 3.8) is 0 Å². The quantitative estimate of drug-likeness (QED) is 0.672. The van der Waals surface area contributed by atoms with Gasteiger partial charge in [0.05, 0.1) is 12.7 Å². The summed E-state index contributed by atoms with van der Waals surface area (Å²) in [4.78, 5) is 12.8. The molecule has 0 unspecified atom stereocenters. The molecule has 21 heavy (non-hydrogen) atoms. The highest BCUT2D eigenvalue weighted by atomic mass is 16.5. The molecule has 0 amide bonds. The molecule has 1 aromatic heterocycles. The van der Waals surface area contributed by atoms with Gasteiger partial charge in [-0.05, 0) is 43.2 Å². The molecule has 0 N–H and O–H groups in total. The molecule has 0 spiro atoms. The number of methoxy groups -OCH3 is 1. The zero-order valence-electron chi connectivity index (χ0n) is 12.3. The fourth-order valence-electron chi connectivity index (χ4n) is 2.55. The molecule has 1 heterocycles. The molecule has 0 atom stereocenters. The topological polar surface area (TPSA) is 39.4 Å². The van der Waals surface area contributed by atoms with Gasteiger partial charge in [0.1, 0.15) is 17.6 Å². The highest BCUT2D eigenvalue weighted by Gasteiger charge is 2.18. The Bertz CT molecular complexity index is 828. The van der Waals surface area contributed by atoms with Crippen molar-refractivity contribution in [1.29, 1.82) is 0 Å². The predicted molar refractivity (Wildman–Crippen MR) is 82.1 cm³/mol. The largest absolute Gasteiger partial charge is 0.496 e. The van der Waals surface area contributed by atoms with Crippen molar-refractivity contribution < 1.29 is 13.9 Å². The molecule has 2 aromatic carbocycles. The number of para-hydroxylation sites is 1. The molecular weight excluding hydrogens is 264 g/mol. The van der Waals surface area contributed by atoms with Crippen LogP contribution >= 0.6 is 0 Å². The van der Waals surface area contributed by atoms with Crippen molar-refractivity contribution in [2.45, 2.75) is 13.8 Å². The fourth-order valence-corrected chi connectivity index (χ4v) is 2.55. The van der Waals surface area contributed by atoms with E-state index < -0.39 is 0 Å². The Morgan fingerprint density at radius 3 is 2.57 bits per heavy atom. The smallest absolute Gasteiger partial charge is 0.197 e. The van der Waals surface area contributed by atoms with E-state index in [1.165, 1.54) is 6.26 Å². The second-order valence-corrected chi connectivity index (χ2v) is 5.11. The van der Waals surface area contributed by atoms with Crippen LogP contribution in [-0.4, -0.2) is 12.9 Å². The number of carbonyl (C=O) groups excluding carboxylic acids is 1. The number of ether oxygens (including phenoxy) is 1. The number of aryl methyl sites for hydroxylation is 2. The van der Waals surface area contributed by atoms with Gasteiger partial charge in [-0.25, -0.2) is 0 Å². The Morgan fingerprint density at radius 1 is 1.05 bits per heavy atom. The average molecular weight is 280 g/mol. The number of rotatable bonds is 3. The number of hydrogen-bond acceptors (Lipinski definition) is 3. The van der Waals surface area contributed by atoms with E-state index in [0.717, 1.165) is 27.8 Å². The van der Waals surface area contributed by atoms with Crippen molar-refractivity contribution in [1.82, 2.24) is 0 Å². The summed E-state index contributed by atoms with van der Waals surface area (Å²) in [6.45, 7) is 3.85. The normalized spacial score (nSPS) is 10.8. The molecule has 3 heteroatoms. The van der Waals surface area contributed by atoms with Crippen LogP contribution in [0, 0.1) is 13.8 Å². The van der Waals surface area contributed by atoms with E-state index in [1.54, 1.807) is 7.11 Å². The van der Waals surface area contributed by atoms with Crippen LogP contribution in [0.5, 0.6) is 5.75 Å². The predicted octanol–water partition coefficient (Wildman–Crippen LogP) is 4.29. The standard InChI is InChI=1S/C18H16O3/c1-11-9-17(20-3)12(2)8-14(11)18(19)15-10-21-16-7-5-4-6-13(15)16/h4-10H,1-3H3. The lowest BCUT2D eigenvalue weighted by atomic mass is 9.96. The van der Waals surface area contributed by atoms with Gasteiger partial charge in [0.15, 0.2) is 5.78 Å². The van der Waals surface area contributed by atoms with Gasteiger partial charge in [-0.2, -0.15) is 0 Å². The first-order chi connectivity index (χ1) is 10.1. The first-order valence-corrected chi connectivity index (χ1v) is 6.78. The van der Waals surface area contributed by atoms with Gasteiger partial charge < -0.3 is 9.15 Å². The summed E-state index contributed by atoms with van der Waals surface area (Å²) in [5.41, 5.74) is 3.84. The highest BCUT2D eigenvalue weighted by Crippen LogP contribution is 2.28. The second-order valence-electron chi connectivity index (χ2n) is 5.11. The summed E-state index contributed by atoms with van der Waals surface area (Å²) in [6.07, 6.45) is 1.53. The minimum Gasteiger partial charge on any atom is -0.496 e. The Balaban J connectivity index is 2.12. The van der Waals surface area contributed by atoms with E-state index in [0.29, 0.717) is 11.1 Å². The number of benzene rings is 2. The third kappa shape index (κ3) is 2.21. The van der Waals surface area contributed by atoms with E-state index in [4.69, 9.17) is 9.15 Å². The van der Waals surface area contributed by atoms with Crippen LogP contribution in [0.1, 0.15) is 27.0 Å². The molecule has 0 aliphatic rings. The number of carbonyl (C=O) groups is 1. The van der Waals surface area contributed by atoms with Crippen molar-refractivity contribution in [2.75, 3.05) is 7.11 Å². The van der Waals surface area contributed by atoms with Crippen LogP contribution in [0.3, 0.4) is 0 Å². The molecule has 0 aliphatic heterocycles. The summed E-state index contributed by atoms with van der Waals surface area (Å²) in [5.74, 6) is 0.768. The molecule has 0 fully saturated rings. The molecule has 0 bridgehead atoms. The zero-order valence-corrected chi connectivity index (χ0v) is 12.3. The first kappa shape index (κ1) is 13.4. The van der Waals surface area contributed by atoms with Gasteiger partial charge in [0.25, 0.3) is 0 Å². The molecular formula is C18H16O3. The maximum absolute atomic E-state index is 12.8. The fraction of sp³-hybridized carbons (Fsp3) is 0.167. The minimum atomic E-state index is -0.0248. The highest BCUT2D eigenvalue weighted by molar-refractivity contribution is 6.16. The van der Waals surface area contributed by atoms with Crippen LogP contribution in [0.25, 0.3) is 11.0 Å². The van der Waals surface area contributed by atoms with Crippen LogP contribution < -0.4 is 4.74 Å². The summed E-state index contributed by atoms with van der Waals surface area (Å²) in [7, 11) is 1.63. The summed E-state index contributed by atoms with van der Waals surface area (Å²) in [5, 5.41) is 0.843. The van der Waals surface area contributed by atoms with E-state index in [2.05, 4.69) is 0 Å². The van der Waals surface area contributed by atoms with Crippen LogP contribution in [0.2, 0.25) is 0 Å². The average Bonchev–Trinajstić information content (AvgIpc) is 2.92. The van der Waals surface area contributed by atoms with Gasteiger partial charge in [-0.15, -0.1) is 0 Å². The monoisotopic (exact) mass is 280 g/mol. The van der Waals surface area contributed by atoms with Crippen LogP contribution in [0.4, 0.5) is 0 Å². The van der Waals surface area contributed by atoms with Gasteiger partial charge in [-0.1, -0.05) is 18.2 Å². The molecule has 0 saturated heterocycles. The third-order valence-electron chi connectivity index (χ3n) is 3.71. The van der Waals surface area contributed by atoms with E-state index >= 15 is 0 Å². The Kier molecular flexibility index (Phi) is 3.26.